The van der Waals surface area contributed by atoms with Gasteiger partial charge in [0.2, 0.25) is 5.95 Å². The second-order valence-corrected chi connectivity index (χ2v) is 6.97. The number of hydrogen-bond acceptors (Lipinski definition) is 4. The highest BCUT2D eigenvalue weighted by Gasteiger charge is 2.11. The molecular formula is C20H14Cl2FN5. The van der Waals surface area contributed by atoms with Gasteiger partial charge in [-0.05, 0) is 55.5 Å². The molecule has 8 heteroatoms. The van der Waals surface area contributed by atoms with Crippen LogP contribution in [0.15, 0.2) is 60.9 Å². The molecule has 0 unspecified atom stereocenters. The summed E-state index contributed by atoms with van der Waals surface area (Å²) in [6.45, 7) is 1.89. The van der Waals surface area contributed by atoms with Crippen LogP contribution in [0, 0.1) is 12.7 Å². The van der Waals surface area contributed by atoms with Crippen molar-refractivity contribution in [2.75, 3.05) is 5.32 Å². The third kappa shape index (κ3) is 3.98. The number of benzene rings is 2. The highest BCUT2D eigenvalue weighted by atomic mass is 35.5. The van der Waals surface area contributed by atoms with Crippen LogP contribution in [-0.2, 0) is 0 Å². The molecule has 5 nitrogen and oxygen atoms in total. The van der Waals surface area contributed by atoms with Crippen molar-refractivity contribution < 1.29 is 4.39 Å². The minimum atomic E-state index is -0.291. The summed E-state index contributed by atoms with van der Waals surface area (Å²) in [7, 11) is 0. The quantitative estimate of drug-likeness (QED) is 0.457. The third-order valence-corrected chi connectivity index (χ3v) is 4.48. The molecule has 0 saturated carbocycles. The van der Waals surface area contributed by atoms with Crippen LogP contribution < -0.4 is 5.32 Å². The molecule has 0 saturated heterocycles. The molecule has 2 heterocycles. The van der Waals surface area contributed by atoms with Crippen molar-refractivity contribution in [3.8, 4) is 16.9 Å². The first-order valence-electron chi connectivity index (χ1n) is 8.37. The molecule has 0 aliphatic rings. The van der Waals surface area contributed by atoms with Gasteiger partial charge in [-0.1, -0.05) is 23.2 Å². The zero-order valence-corrected chi connectivity index (χ0v) is 16.2. The summed E-state index contributed by atoms with van der Waals surface area (Å²) >= 11 is 12.1. The Morgan fingerprint density at radius 2 is 1.71 bits per heavy atom. The first kappa shape index (κ1) is 18.4. The smallest absolute Gasteiger partial charge is 0.227 e. The lowest BCUT2D eigenvalue weighted by molar-refractivity contribution is 0.627. The van der Waals surface area contributed by atoms with Crippen LogP contribution in [0.3, 0.4) is 0 Å². The van der Waals surface area contributed by atoms with E-state index in [-0.39, 0.29) is 5.82 Å². The van der Waals surface area contributed by atoms with Crippen LogP contribution in [0.2, 0.25) is 10.0 Å². The Morgan fingerprint density at radius 3 is 2.43 bits per heavy atom. The van der Waals surface area contributed by atoms with E-state index >= 15 is 0 Å². The fourth-order valence-electron chi connectivity index (χ4n) is 2.76. The van der Waals surface area contributed by atoms with Gasteiger partial charge in [0.05, 0.1) is 17.1 Å². The SMILES string of the molecule is Cc1nn(-c2ccc(F)cc2)cc1-c1ccnc(Nc2cc(Cl)cc(Cl)c2)n1. The van der Waals surface area contributed by atoms with E-state index in [9.17, 15) is 4.39 Å². The number of anilines is 2. The van der Waals surface area contributed by atoms with Gasteiger partial charge in [-0.15, -0.1) is 0 Å². The highest BCUT2D eigenvalue weighted by molar-refractivity contribution is 6.35. The predicted molar refractivity (Wildman–Crippen MR) is 109 cm³/mol. The Bertz CT molecular complexity index is 1120. The van der Waals surface area contributed by atoms with E-state index in [2.05, 4.69) is 20.4 Å². The highest BCUT2D eigenvalue weighted by Crippen LogP contribution is 2.26. The normalized spacial score (nSPS) is 10.9. The van der Waals surface area contributed by atoms with Gasteiger partial charge in [-0.2, -0.15) is 5.10 Å². The zero-order chi connectivity index (χ0) is 19.7. The summed E-state index contributed by atoms with van der Waals surface area (Å²) in [5, 5.41) is 8.63. The maximum atomic E-state index is 13.2. The summed E-state index contributed by atoms with van der Waals surface area (Å²) in [6, 6.07) is 13.1. The lowest BCUT2D eigenvalue weighted by atomic mass is 10.2. The molecule has 0 aliphatic heterocycles. The van der Waals surface area contributed by atoms with Crippen LogP contribution in [0.25, 0.3) is 16.9 Å². The Hall–Kier alpha value is -2.96. The average Bonchev–Trinajstić information content (AvgIpc) is 3.03. The van der Waals surface area contributed by atoms with Crippen molar-refractivity contribution in [2.45, 2.75) is 6.92 Å². The molecule has 1 N–H and O–H groups in total. The predicted octanol–water partition coefficient (Wildman–Crippen LogP) is 5.83. The number of nitrogens with one attached hydrogen (secondary N) is 1. The van der Waals surface area contributed by atoms with Crippen LogP contribution >= 0.6 is 23.2 Å². The van der Waals surface area contributed by atoms with E-state index in [1.54, 1.807) is 47.3 Å². The van der Waals surface area contributed by atoms with Crippen molar-refractivity contribution in [3.63, 3.8) is 0 Å². The fourth-order valence-corrected chi connectivity index (χ4v) is 3.29. The van der Waals surface area contributed by atoms with Crippen LogP contribution in [0.5, 0.6) is 0 Å². The lowest BCUT2D eigenvalue weighted by Crippen LogP contribution is -1.98. The average molecular weight is 414 g/mol. The number of nitrogens with zero attached hydrogens (tertiary/aromatic N) is 4. The van der Waals surface area contributed by atoms with Crippen LogP contribution in [0.4, 0.5) is 16.0 Å². The summed E-state index contributed by atoms with van der Waals surface area (Å²) in [5.74, 6) is 0.116. The van der Waals surface area contributed by atoms with Crippen molar-refractivity contribution in [1.29, 1.82) is 0 Å². The van der Waals surface area contributed by atoms with Gasteiger partial charge >= 0.3 is 0 Å². The Balaban J connectivity index is 1.65. The maximum absolute atomic E-state index is 13.2. The summed E-state index contributed by atoms with van der Waals surface area (Å²) in [4.78, 5) is 8.80. The standard InChI is InChI=1S/C20H14Cl2FN5/c1-12-18(11-28(27-12)17-4-2-15(23)3-5-17)19-6-7-24-20(26-19)25-16-9-13(21)8-14(22)10-16/h2-11H,1H3,(H,24,25,26). The van der Waals surface area contributed by atoms with Crippen molar-refractivity contribution >= 4 is 34.8 Å². The van der Waals surface area contributed by atoms with E-state index in [4.69, 9.17) is 23.2 Å². The first-order valence-corrected chi connectivity index (χ1v) is 9.12. The van der Waals surface area contributed by atoms with Crippen molar-refractivity contribution in [1.82, 2.24) is 19.7 Å². The molecule has 4 aromatic rings. The molecule has 0 aliphatic carbocycles. The van der Waals surface area contributed by atoms with E-state index in [1.165, 1.54) is 12.1 Å². The minimum absolute atomic E-state index is 0.291. The largest absolute Gasteiger partial charge is 0.324 e. The van der Waals surface area contributed by atoms with Gasteiger partial charge in [0, 0.05) is 33.7 Å². The molecular weight excluding hydrogens is 400 g/mol. The van der Waals surface area contributed by atoms with E-state index in [1.807, 2.05) is 13.1 Å². The van der Waals surface area contributed by atoms with Crippen LogP contribution in [-0.4, -0.2) is 19.7 Å². The topological polar surface area (TPSA) is 55.6 Å². The van der Waals surface area contributed by atoms with Crippen molar-refractivity contribution in [2.24, 2.45) is 0 Å². The van der Waals surface area contributed by atoms with E-state index in [0.717, 1.165) is 16.9 Å². The zero-order valence-electron chi connectivity index (χ0n) is 14.7. The summed E-state index contributed by atoms with van der Waals surface area (Å²) in [5.41, 5.74) is 3.79. The molecule has 0 atom stereocenters. The minimum Gasteiger partial charge on any atom is -0.324 e. The van der Waals surface area contributed by atoms with Crippen LogP contribution in [0.1, 0.15) is 5.69 Å². The molecule has 0 bridgehead atoms. The molecule has 28 heavy (non-hydrogen) atoms. The molecule has 0 fully saturated rings. The van der Waals surface area contributed by atoms with Gasteiger partial charge < -0.3 is 5.32 Å². The van der Waals surface area contributed by atoms with E-state index in [0.29, 0.717) is 27.4 Å². The number of rotatable bonds is 4. The number of aromatic nitrogens is 4. The number of halogens is 3. The van der Waals surface area contributed by atoms with Crippen molar-refractivity contribution in [3.05, 3.63) is 82.5 Å². The number of hydrogen-bond donors (Lipinski definition) is 1. The molecule has 2 aromatic carbocycles. The Labute approximate surface area is 170 Å². The van der Waals surface area contributed by atoms with Gasteiger partial charge in [0.1, 0.15) is 5.82 Å². The summed E-state index contributed by atoms with van der Waals surface area (Å²) < 4.78 is 14.8. The Kier molecular flexibility index (Phi) is 4.98. The molecule has 0 amide bonds. The van der Waals surface area contributed by atoms with Gasteiger partial charge in [-0.3, -0.25) is 0 Å². The van der Waals surface area contributed by atoms with Gasteiger partial charge in [0.25, 0.3) is 0 Å². The fraction of sp³-hybridized carbons (Fsp3) is 0.0500. The third-order valence-electron chi connectivity index (χ3n) is 4.04. The molecule has 4 rings (SSSR count). The number of aryl methyl sites for hydroxylation is 1. The molecule has 0 radical (unpaired) electrons. The maximum Gasteiger partial charge on any atom is 0.227 e. The monoisotopic (exact) mass is 413 g/mol. The molecule has 2 aromatic heterocycles. The molecule has 0 spiro atoms. The lowest BCUT2D eigenvalue weighted by Gasteiger charge is -2.07. The van der Waals surface area contributed by atoms with E-state index < -0.39 is 0 Å². The Morgan fingerprint density at radius 1 is 1.00 bits per heavy atom. The molecule has 140 valence electrons. The second kappa shape index (κ2) is 7.58. The summed E-state index contributed by atoms with van der Waals surface area (Å²) in [6.07, 6.45) is 3.51. The second-order valence-electron chi connectivity index (χ2n) is 6.10. The first-order chi connectivity index (χ1) is 13.5. The van der Waals surface area contributed by atoms with Gasteiger partial charge in [0.15, 0.2) is 0 Å². The van der Waals surface area contributed by atoms with Gasteiger partial charge in [-0.25, -0.2) is 19.0 Å².